The first-order chi connectivity index (χ1) is 18.9. The zero-order valence-corrected chi connectivity index (χ0v) is 23.9. The molecular formula is C31H33Cl3N2O3. The minimum Gasteiger partial charge on any atom is -0.396 e. The van der Waals surface area contributed by atoms with E-state index in [1.54, 1.807) is 42.5 Å². The van der Waals surface area contributed by atoms with Crippen LogP contribution in [0.15, 0.2) is 84.9 Å². The number of nitrogens with one attached hydrogen (secondary N) is 2. The lowest BCUT2D eigenvalue weighted by Gasteiger charge is -2.03. The van der Waals surface area contributed by atoms with Gasteiger partial charge in [-0.2, -0.15) is 0 Å². The molecule has 206 valence electrons. The Labute approximate surface area is 245 Å². The number of aliphatic hydroxyl groups excluding tert-OH is 1. The highest BCUT2D eigenvalue weighted by Crippen LogP contribution is 2.21. The second-order valence-corrected chi connectivity index (χ2v) is 9.77. The molecule has 0 radical (unpaired) electrons. The Hall–Kier alpha value is -3.09. The summed E-state index contributed by atoms with van der Waals surface area (Å²) in [5.74, 6) is -0.288. The highest BCUT2D eigenvalue weighted by molar-refractivity contribution is 6.34. The van der Waals surface area contributed by atoms with E-state index in [1.165, 1.54) is 17.7 Å². The SMILES string of the molecule is O=C(C=Cc1cc(Cl)ccc1Cl)NCCCCc1ccccc1.O=C(C=Cc1ccc(Cl)cc1)NCCCO. The molecule has 2 amide bonds. The molecule has 0 heterocycles. The molecule has 0 saturated heterocycles. The second-order valence-electron chi connectivity index (χ2n) is 8.49. The standard InChI is InChI=1S/C19H19Cl2NO.C12H14ClNO2/c20-17-10-11-18(21)16(14-17)9-12-19(23)22-13-5-4-8-15-6-2-1-3-7-15;13-11-5-2-10(3-6-11)4-7-12(16)14-8-1-9-15/h1-3,6-7,9-12,14H,4-5,8,13H2,(H,22,23);2-7,15H,1,8-9H2,(H,14,16). The number of amides is 2. The van der Waals surface area contributed by atoms with Crippen LogP contribution in [0, 0.1) is 0 Å². The summed E-state index contributed by atoms with van der Waals surface area (Å²) in [5.41, 5.74) is 2.98. The molecule has 0 aromatic heterocycles. The van der Waals surface area contributed by atoms with Gasteiger partial charge in [0.25, 0.3) is 0 Å². The number of carbonyl (C=O) groups is 2. The maximum Gasteiger partial charge on any atom is 0.244 e. The summed E-state index contributed by atoms with van der Waals surface area (Å²) in [6, 6.07) is 22.7. The molecule has 3 aromatic carbocycles. The molecule has 0 aliphatic carbocycles. The predicted octanol–water partition coefficient (Wildman–Crippen LogP) is 7.00. The Kier molecular flexibility index (Phi) is 15.7. The van der Waals surface area contributed by atoms with Crippen molar-refractivity contribution in [2.75, 3.05) is 19.7 Å². The lowest BCUT2D eigenvalue weighted by Crippen LogP contribution is -2.22. The van der Waals surface area contributed by atoms with Crippen molar-refractivity contribution >= 4 is 58.8 Å². The van der Waals surface area contributed by atoms with E-state index in [9.17, 15) is 9.59 Å². The van der Waals surface area contributed by atoms with Crippen molar-refractivity contribution in [3.63, 3.8) is 0 Å². The van der Waals surface area contributed by atoms with Crippen LogP contribution in [0.25, 0.3) is 12.2 Å². The minimum atomic E-state index is -0.164. The van der Waals surface area contributed by atoms with Crippen LogP contribution in [0.1, 0.15) is 36.0 Å². The molecule has 0 aliphatic heterocycles. The number of hydrogen-bond acceptors (Lipinski definition) is 3. The lowest BCUT2D eigenvalue weighted by atomic mass is 10.1. The zero-order chi connectivity index (χ0) is 28.3. The first-order valence-corrected chi connectivity index (χ1v) is 13.8. The first kappa shape index (κ1) is 32.1. The van der Waals surface area contributed by atoms with Gasteiger partial charge in [0.2, 0.25) is 11.8 Å². The maximum absolute atomic E-state index is 11.8. The third-order valence-corrected chi connectivity index (χ3v) is 6.17. The first-order valence-electron chi connectivity index (χ1n) is 12.6. The number of halogens is 3. The summed E-state index contributed by atoms with van der Waals surface area (Å²) in [6.07, 6.45) is 9.93. The number of hydrogen-bond donors (Lipinski definition) is 3. The van der Waals surface area contributed by atoms with Crippen molar-refractivity contribution < 1.29 is 14.7 Å². The predicted molar refractivity (Wildman–Crippen MR) is 163 cm³/mol. The molecule has 39 heavy (non-hydrogen) atoms. The average molecular weight is 588 g/mol. The Bertz CT molecular complexity index is 1210. The summed E-state index contributed by atoms with van der Waals surface area (Å²) in [5, 5.41) is 15.9. The molecule has 5 nitrogen and oxygen atoms in total. The maximum atomic E-state index is 11.8. The summed E-state index contributed by atoms with van der Waals surface area (Å²) >= 11 is 17.7. The Morgan fingerprint density at radius 2 is 1.33 bits per heavy atom. The van der Waals surface area contributed by atoms with Gasteiger partial charge in [0.05, 0.1) is 0 Å². The smallest absolute Gasteiger partial charge is 0.244 e. The molecular weight excluding hydrogens is 555 g/mol. The molecule has 0 atom stereocenters. The Balaban J connectivity index is 0.000000293. The zero-order valence-electron chi connectivity index (χ0n) is 21.6. The van der Waals surface area contributed by atoms with E-state index in [2.05, 4.69) is 22.8 Å². The number of carbonyl (C=O) groups excluding carboxylic acids is 2. The van der Waals surface area contributed by atoms with Crippen molar-refractivity contribution in [2.24, 2.45) is 0 Å². The quantitative estimate of drug-likeness (QED) is 0.158. The van der Waals surface area contributed by atoms with Crippen molar-refractivity contribution in [3.8, 4) is 0 Å². The van der Waals surface area contributed by atoms with Crippen molar-refractivity contribution in [1.29, 1.82) is 0 Å². The number of aliphatic hydroxyl groups is 1. The fourth-order valence-electron chi connectivity index (χ4n) is 3.27. The molecule has 0 saturated carbocycles. The highest BCUT2D eigenvalue weighted by atomic mass is 35.5. The lowest BCUT2D eigenvalue weighted by molar-refractivity contribution is -0.117. The van der Waals surface area contributed by atoms with E-state index in [0.717, 1.165) is 30.4 Å². The minimum absolute atomic E-state index is 0.0845. The van der Waals surface area contributed by atoms with Crippen LogP contribution >= 0.6 is 34.8 Å². The van der Waals surface area contributed by atoms with Crippen LogP contribution in [0.2, 0.25) is 15.1 Å². The van der Waals surface area contributed by atoms with Crippen molar-refractivity contribution in [3.05, 3.63) is 117 Å². The molecule has 8 heteroatoms. The van der Waals surface area contributed by atoms with E-state index < -0.39 is 0 Å². The highest BCUT2D eigenvalue weighted by Gasteiger charge is 2.00. The summed E-state index contributed by atoms with van der Waals surface area (Å²) in [4.78, 5) is 23.0. The fourth-order valence-corrected chi connectivity index (χ4v) is 3.76. The van der Waals surface area contributed by atoms with Gasteiger partial charge in [0, 0.05) is 46.9 Å². The fraction of sp³-hybridized carbons (Fsp3) is 0.226. The summed E-state index contributed by atoms with van der Waals surface area (Å²) < 4.78 is 0. The van der Waals surface area contributed by atoms with Gasteiger partial charge in [0.15, 0.2) is 0 Å². The monoisotopic (exact) mass is 586 g/mol. The van der Waals surface area contributed by atoms with Gasteiger partial charge in [-0.15, -0.1) is 0 Å². The van der Waals surface area contributed by atoms with E-state index in [1.807, 2.05) is 30.3 Å². The Morgan fingerprint density at radius 1 is 0.718 bits per heavy atom. The van der Waals surface area contributed by atoms with Gasteiger partial charge in [-0.1, -0.05) is 77.3 Å². The molecule has 0 bridgehead atoms. The van der Waals surface area contributed by atoms with Crippen LogP contribution in [-0.4, -0.2) is 36.6 Å². The van der Waals surface area contributed by atoms with Crippen LogP contribution in [0.3, 0.4) is 0 Å². The topological polar surface area (TPSA) is 78.4 Å². The number of benzene rings is 3. The van der Waals surface area contributed by atoms with E-state index in [0.29, 0.717) is 34.6 Å². The van der Waals surface area contributed by atoms with Gasteiger partial charge in [-0.25, -0.2) is 0 Å². The largest absolute Gasteiger partial charge is 0.396 e. The van der Waals surface area contributed by atoms with Crippen molar-refractivity contribution in [1.82, 2.24) is 10.6 Å². The number of unbranched alkanes of at least 4 members (excludes halogenated alkanes) is 1. The van der Waals surface area contributed by atoms with Gasteiger partial charge >= 0.3 is 0 Å². The van der Waals surface area contributed by atoms with Gasteiger partial charge in [-0.05, 0) is 84.9 Å². The molecule has 0 aliphatic rings. The van der Waals surface area contributed by atoms with E-state index in [-0.39, 0.29) is 18.4 Å². The second kappa shape index (κ2) is 19.0. The van der Waals surface area contributed by atoms with E-state index in [4.69, 9.17) is 39.9 Å². The van der Waals surface area contributed by atoms with E-state index >= 15 is 0 Å². The van der Waals surface area contributed by atoms with Gasteiger partial charge < -0.3 is 15.7 Å². The molecule has 0 unspecified atom stereocenters. The van der Waals surface area contributed by atoms with Gasteiger partial charge in [-0.3, -0.25) is 9.59 Å². The number of aryl methyl sites for hydroxylation is 1. The third kappa shape index (κ3) is 14.6. The third-order valence-electron chi connectivity index (χ3n) is 5.34. The Morgan fingerprint density at radius 3 is 2.00 bits per heavy atom. The van der Waals surface area contributed by atoms with Crippen LogP contribution in [0.5, 0.6) is 0 Å². The van der Waals surface area contributed by atoms with Crippen LogP contribution < -0.4 is 10.6 Å². The average Bonchev–Trinajstić information content (AvgIpc) is 2.94. The molecule has 0 fully saturated rings. The van der Waals surface area contributed by atoms with Crippen LogP contribution in [0.4, 0.5) is 0 Å². The molecule has 3 aromatic rings. The van der Waals surface area contributed by atoms with Gasteiger partial charge in [0.1, 0.15) is 0 Å². The normalized spacial score (nSPS) is 10.8. The molecule has 3 rings (SSSR count). The summed E-state index contributed by atoms with van der Waals surface area (Å²) in [7, 11) is 0. The summed E-state index contributed by atoms with van der Waals surface area (Å²) in [6.45, 7) is 1.24. The van der Waals surface area contributed by atoms with Crippen LogP contribution in [-0.2, 0) is 16.0 Å². The molecule has 0 spiro atoms. The van der Waals surface area contributed by atoms with Crippen molar-refractivity contribution in [2.45, 2.75) is 25.7 Å². The number of rotatable bonds is 12. The molecule has 3 N–H and O–H groups in total.